The fourth-order valence-electron chi connectivity index (χ4n) is 1.20. The number of pyridine rings is 1. The maximum absolute atomic E-state index is 10.9. The van der Waals surface area contributed by atoms with E-state index in [1.807, 2.05) is 6.92 Å². The third-order valence-electron chi connectivity index (χ3n) is 2.20. The molecule has 6 heteroatoms. The molecule has 0 aliphatic rings. The van der Waals surface area contributed by atoms with Crippen molar-refractivity contribution in [2.45, 2.75) is 13.3 Å². The zero-order chi connectivity index (χ0) is 12.1. The van der Waals surface area contributed by atoms with Crippen LogP contribution in [0.1, 0.15) is 12.0 Å². The molecule has 1 rings (SSSR count). The van der Waals surface area contributed by atoms with Crippen molar-refractivity contribution in [3.05, 3.63) is 16.2 Å². The first kappa shape index (κ1) is 13.4. The van der Waals surface area contributed by atoms with E-state index in [0.29, 0.717) is 11.4 Å². The van der Waals surface area contributed by atoms with Gasteiger partial charge in [-0.25, -0.2) is 4.98 Å². The van der Waals surface area contributed by atoms with Gasteiger partial charge in [0.15, 0.2) is 0 Å². The third kappa shape index (κ3) is 3.75. The SMILES string of the molecule is Cc1c(N)cnc(NCCCS(C)=O)c1Br. The lowest BCUT2D eigenvalue weighted by Crippen LogP contribution is -2.08. The Morgan fingerprint density at radius 2 is 2.31 bits per heavy atom. The molecule has 0 spiro atoms. The number of halogens is 1. The third-order valence-corrected chi connectivity index (χ3v) is 4.04. The molecule has 1 heterocycles. The summed E-state index contributed by atoms with van der Waals surface area (Å²) in [6.45, 7) is 2.70. The van der Waals surface area contributed by atoms with Gasteiger partial charge in [0.05, 0.1) is 16.4 Å². The molecule has 0 bridgehead atoms. The van der Waals surface area contributed by atoms with E-state index < -0.39 is 10.8 Å². The topological polar surface area (TPSA) is 68.0 Å². The van der Waals surface area contributed by atoms with Crippen LogP contribution in [0.25, 0.3) is 0 Å². The molecule has 0 aliphatic carbocycles. The van der Waals surface area contributed by atoms with Crippen LogP contribution >= 0.6 is 15.9 Å². The summed E-state index contributed by atoms with van der Waals surface area (Å²) in [6, 6.07) is 0. The largest absolute Gasteiger partial charge is 0.397 e. The Morgan fingerprint density at radius 3 is 2.94 bits per heavy atom. The molecule has 4 nitrogen and oxygen atoms in total. The molecule has 3 N–H and O–H groups in total. The summed E-state index contributed by atoms with van der Waals surface area (Å²) >= 11 is 3.45. The molecule has 0 fully saturated rings. The van der Waals surface area contributed by atoms with Gasteiger partial charge in [-0.05, 0) is 34.8 Å². The highest BCUT2D eigenvalue weighted by Crippen LogP contribution is 2.27. The lowest BCUT2D eigenvalue weighted by molar-refractivity contribution is 0.685. The quantitative estimate of drug-likeness (QED) is 0.816. The number of rotatable bonds is 5. The van der Waals surface area contributed by atoms with Gasteiger partial charge >= 0.3 is 0 Å². The zero-order valence-corrected chi connectivity index (χ0v) is 11.8. The molecular formula is C10H16BrN3OS. The summed E-state index contributed by atoms with van der Waals surface area (Å²) in [6.07, 6.45) is 4.21. The Kier molecular flexibility index (Phi) is 5.21. The Hall–Kier alpha value is -0.620. The number of hydrogen-bond acceptors (Lipinski definition) is 4. The molecule has 16 heavy (non-hydrogen) atoms. The second kappa shape index (κ2) is 6.20. The van der Waals surface area contributed by atoms with E-state index in [4.69, 9.17) is 5.73 Å². The second-order valence-electron chi connectivity index (χ2n) is 3.56. The standard InChI is InChI=1S/C10H16BrN3OS/c1-7-8(12)6-14-10(9(7)11)13-4-3-5-16(2)15/h6H,3-5,12H2,1-2H3,(H,13,14). The van der Waals surface area contributed by atoms with E-state index in [0.717, 1.165) is 28.8 Å². The summed E-state index contributed by atoms with van der Waals surface area (Å²) in [5.41, 5.74) is 7.38. The van der Waals surface area contributed by atoms with Crippen molar-refractivity contribution < 1.29 is 4.21 Å². The fourth-order valence-corrected chi connectivity index (χ4v) is 2.22. The normalized spacial score (nSPS) is 12.4. The van der Waals surface area contributed by atoms with Gasteiger partial charge in [0.2, 0.25) is 0 Å². The number of anilines is 2. The van der Waals surface area contributed by atoms with Crippen molar-refractivity contribution in [1.29, 1.82) is 0 Å². The number of hydrogen-bond donors (Lipinski definition) is 2. The van der Waals surface area contributed by atoms with E-state index in [-0.39, 0.29) is 0 Å². The molecule has 1 unspecified atom stereocenters. The number of nitrogens with zero attached hydrogens (tertiary/aromatic N) is 1. The van der Waals surface area contributed by atoms with E-state index >= 15 is 0 Å². The average Bonchev–Trinajstić information content (AvgIpc) is 2.23. The molecule has 1 atom stereocenters. The second-order valence-corrected chi connectivity index (χ2v) is 5.91. The highest BCUT2D eigenvalue weighted by molar-refractivity contribution is 9.10. The van der Waals surface area contributed by atoms with Crippen LogP contribution in [0, 0.1) is 6.92 Å². The van der Waals surface area contributed by atoms with Gasteiger partial charge in [-0.1, -0.05) is 0 Å². The van der Waals surface area contributed by atoms with E-state index in [1.54, 1.807) is 12.5 Å². The molecule has 90 valence electrons. The van der Waals surface area contributed by atoms with Crippen LogP contribution < -0.4 is 11.1 Å². The molecule has 0 amide bonds. The predicted molar refractivity (Wildman–Crippen MR) is 73.1 cm³/mol. The summed E-state index contributed by atoms with van der Waals surface area (Å²) in [5, 5.41) is 3.19. The van der Waals surface area contributed by atoms with Crippen LogP contribution in [0.3, 0.4) is 0 Å². The number of nitrogen functional groups attached to an aromatic ring is 1. The molecule has 1 aromatic heterocycles. The van der Waals surface area contributed by atoms with E-state index in [1.165, 1.54) is 0 Å². The van der Waals surface area contributed by atoms with Crippen LogP contribution in [-0.2, 0) is 10.8 Å². The first-order chi connectivity index (χ1) is 7.52. The van der Waals surface area contributed by atoms with Gasteiger partial charge in [0.1, 0.15) is 5.82 Å². The maximum Gasteiger partial charge on any atom is 0.140 e. The average molecular weight is 306 g/mol. The number of nitrogens with one attached hydrogen (secondary N) is 1. The van der Waals surface area contributed by atoms with Crippen LogP contribution in [0.15, 0.2) is 10.7 Å². The Balaban J connectivity index is 2.55. The zero-order valence-electron chi connectivity index (χ0n) is 9.42. The van der Waals surface area contributed by atoms with Gasteiger partial charge in [-0.3, -0.25) is 4.21 Å². The minimum atomic E-state index is -0.729. The van der Waals surface area contributed by atoms with Crippen molar-refractivity contribution in [3.63, 3.8) is 0 Å². The van der Waals surface area contributed by atoms with Gasteiger partial charge in [-0.15, -0.1) is 0 Å². The first-order valence-electron chi connectivity index (χ1n) is 4.97. The molecule has 0 aromatic carbocycles. The van der Waals surface area contributed by atoms with Crippen LogP contribution in [0.2, 0.25) is 0 Å². The molecule has 1 aromatic rings. The van der Waals surface area contributed by atoms with Gasteiger partial charge in [0, 0.05) is 29.4 Å². The highest BCUT2D eigenvalue weighted by Gasteiger charge is 2.06. The smallest absolute Gasteiger partial charge is 0.140 e. The Labute approximate surface area is 107 Å². The van der Waals surface area contributed by atoms with Crippen molar-refractivity contribution in [3.8, 4) is 0 Å². The Bertz CT molecular complexity index is 398. The van der Waals surface area contributed by atoms with Gasteiger partial charge < -0.3 is 11.1 Å². The van der Waals surface area contributed by atoms with E-state index in [9.17, 15) is 4.21 Å². The number of aromatic nitrogens is 1. The lowest BCUT2D eigenvalue weighted by Gasteiger charge is -2.10. The van der Waals surface area contributed by atoms with Crippen molar-refractivity contribution in [1.82, 2.24) is 4.98 Å². The maximum atomic E-state index is 10.9. The van der Waals surface area contributed by atoms with Crippen LogP contribution in [0.5, 0.6) is 0 Å². The molecule has 0 aliphatic heterocycles. The minimum absolute atomic E-state index is 0.673. The Morgan fingerprint density at radius 1 is 1.62 bits per heavy atom. The van der Waals surface area contributed by atoms with Gasteiger partial charge in [0.25, 0.3) is 0 Å². The predicted octanol–water partition coefficient (Wildman–Crippen LogP) is 1.92. The number of nitrogens with two attached hydrogens (primary N) is 1. The summed E-state index contributed by atoms with van der Waals surface area (Å²) in [5.74, 6) is 1.49. The summed E-state index contributed by atoms with van der Waals surface area (Å²) < 4.78 is 11.8. The first-order valence-corrected chi connectivity index (χ1v) is 7.49. The lowest BCUT2D eigenvalue weighted by atomic mass is 10.2. The van der Waals surface area contributed by atoms with E-state index in [2.05, 4.69) is 26.2 Å². The minimum Gasteiger partial charge on any atom is -0.397 e. The fraction of sp³-hybridized carbons (Fsp3) is 0.500. The summed E-state index contributed by atoms with van der Waals surface area (Å²) in [4.78, 5) is 4.20. The molecule has 0 saturated carbocycles. The van der Waals surface area contributed by atoms with Crippen molar-refractivity contribution in [2.24, 2.45) is 0 Å². The van der Waals surface area contributed by atoms with Gasteiger partial charge in [-0.2, -0.15) is 0 Å². The monoisotopic (exact) mass is 305 g/mol. The molecule has 0 radical (unpaired) electrons. The van der Waals surface area contributed by atoms with Crippen molar-refractivity contribution in [2.75, 3.05) is 29.6 Å². The molecule has 0 saturated heterocycles. The van der Waals surface area contributed by atoms with Crippen LogP contribution in [0.4, 0.5) is 11.5 Å². The highest BCUT2D eigenvalue weighted by atomic mass is 79.9. The van der Waals surface area contributed by atoms with Crippen molar-refractivity contribution >= 4 is 38.2 Å². The summed E-state index contributed by atoms with van der Waals surface area (Å²) in [7, 11) is -0.729. The van der Waals surface area contributed by atoms with Crippen LogP contribution in [-0.4, -0.2) is 27.7 Å². The molecular weight excluding hydrogens is 290 g/mol.